The van der Waals surface area contributed by atoms with E-state index in [0.717, 1.165) is 11.1 Å². The number of carbonyl (C=O) groups excluding carboxylic acids is 2. The number of methoxy groups -OCH3 is 1. The lowest BCUT2D eigenvalue weighted by Crippen LogP contribution is -2.29. The van der Waals surface area contributed by atoms with Gasteiger partial charge in [0.15, 0.2) is 0 Å². The quantitative estimate of drug-likeness (QED) is 0.260. The molecule has 1 heterocycles. The number of amides is 1. The van der Waals surface area contributed by atoms with E-state index in [4.69, 9.17) is 21.1 Å². The molecular formula is C28H26ClNO5. The molecule has 7 heteroatoms. The van der Waals surface area contributed by atoms with Gasteiger partial charge in [-0.1, -0.05) is 35.9 Å². The third-order valence-electron chi connectivity index (χ3n) is 5.92. The van der Waals surface area contributed by atoms with Gasteiger partial charge in [-0.3, -0.25) is 14.5 Å². The number of benzene rings is 3. The van der Waals surface area contributed by atoms with Crippen LogP contribution in [0.1, 0.15) is 35.2 Å². The third-order valence-corrected chi connectivity index (χ3v) is 6.17. The summed E-state index contributed by atoms with van der Waals surface area (Å²) in [7, 11) is 1.50. The minimum atomic E-state index is -0.880. The fourth-order valence-corrected chi connectivity index (χ4v) is 4.62. The van der Waals surface area contributed by atoms with Crippen LogP contribution in [-0.2, 0) is 9.59 Å². The zero-order valence-corrected chi connectivity index (χ0v) is 20.7. The van der Waals surface area contributed by atoms with Crippen molar-refractivity contribution in [1.29, 1.82) is 0 Å². The zero-order valence-electron chi connectivity index (χ0n) is 20.0. The lowest BCUT2D eigenvalue weighted by Gasteiger charge is -2.26. The standard InChI is InChI=1S/C28H26ClNO5/c1-5-35-21-8-6-7-20(15-21)30-24(18-9-11-19(29)12-10-18)23(26(32)28(30)33)25(31)22-14-16(2)13-17(3)27(22)34-4/h6-15,24,31H,5H2,1-4H3/b25-23+. The number of aryl methyl sites for hydroxylation is 2. The van der Waals surface area contributed by atoms with Crippen molar-refractivity contribution in [2.75, 3.05) is 18.6 Å². The van der Waals surface area contributed by atoms with Crippen LogP contribution in [0, 0.1) is 13.8 Å². The van der Waals surface area contributed by atoms with Gasteiger partial charge in [0.25, 0.3) is 11.7 Å². The van der Waals surface area contributed by atoms with Crippen LogP contribution in [0.4, 0.5) is 5.69 Å². The predicted molar refractivity (Wildman–Crippen MR) is 136 cm³/mol. The molecule has 0 aliphatic carbocycles. The normalized spacial score (nSPS) is 17.1. The molecule has 1 atom stereocenters. The first-order valence-electron chi connectivity index (χ1n) is 11.2. The molecule has 1 N–H and O–H groups in total. The maximum absolute atomic E-state index is 13.4. The summed E-state index contributed by atoms with van der Waals surface area (Å²) in [5.74, 6) is -0.824. The molecule has 180 valence electrons. The van der Waals surface area contributed by atoms with Gasteiger partial charge in [0.05, 0.1) is 30.9 Å². The predicted octanol–water partition coefficient (Wildman–Crippen LogP) is 5.99. The second-order valence-corrected chi connectivity index (χ2v) is 8.75. The van der Waals surface area contributed by atoms with Crippen LogP contribution >= 0.6 is 11.6 Å². The summed E-state index contributed by atoms with van der Waals surface area (Å²) in [4.78, 5) is 28.2. The molecule has 35 heavy (non-hydrogen) atoms. The Kier molecular flexibility index (Phi) is 6.85. The molecule has 1 saturated heterocycles. The van der Waals surface area contributed by atoms with Gasteiger partial charge < -0.3 is 14.6 Å². The van der Waals surface area contributed by atoms with Crippen molar-refractivity contribution in [2.24, 2.45) is 0 Å². The Balaban J connectivity index is 1.98. The number of ether oxygens (including phenoxy) is 2. The summed E-state index contributed by atoms with van der Waals surface area (Å²) >= 11 is 6.11. The SMILES string of the molecule is CCOc1cccc(N2C(=O)C(=O)/C(=C(/O)c3cc(C)cc(C)c3OC)C2c2ccc(Cl)cc2)c1. The molecule has 1 aliphatic heterocycles. The van der Waals surface area contributed by atoms with E-state index in [1.807, 2.05) is 26.8 Å². The number of aliphatic hydroxyl groups is 1. The topological polar surface area (TPSA) is 76.1 Å². The average Bonchev–Trinajstić information content (AvgIpc) is 3.09. The molecule has 4 rings (SSSR count). The number of hydrogen-bond acceptors (Lipinski definition) is 5. The lowest BCUT2D eigenvalue weighted by molar-refractivity contribution is -0.132. The molecule has 0 bridgehead atoms. The Labute approximate surface area is 209 Å². The van der Waals surface area contributed by atoms with Crippen LogP contribution in [0.25, 0.3) is 5.76 Å². The number of nitrogens with zero attached hydrogens (tertiary/aromatic N) is 1. The molecule has 1 aliphatic rings. The van der Waals surface area contributed by atoms with Crippen molar-refractivity contribution in [2.45, 2.75) is 26.8 Å². The largest absolute Gasteiger partial charge is 0.507 e. The van der Waals surface area contributed by atoms with E-state index in [1.54, 1.807) is 54.6 Å². The molecule has 1 fully saturated rings. The second-order valence-electron chi connectivity index (χ2n) is 8.31. The van der Waals surface area contributed by atoms with Gasteiger partial charge in [-0.2, -0.15) is 0 Å². The van der Waals surface area contributed by atoms with Gasteiger partial charge >= 0.3 is 0 Å². The van der Waals surface area contributed by atoms with E-state index in [0.29, 0.717) is 39.9 Å². The summed E-state index contributed by atoms with van der Waals surface area (Å²) in [6.45, 7) is 6.06. The minimum absolute atomic E-state index is 0.0255. The van der Waals surface area contributed by atoms with Gasteiger partial charge in [0.1, 0.15) is 17.3 Å². The average molecular weight is 492 g/mol. The molecule has 0 spiro atoms. The first-order chi connectivity index (χ1) is 16.8. The van der Waals surface area contributed by atoms with E-state index in [-0.39, 0.29) is 11.3 Å². The fourth-order valence-electron chi connectivity index (χ4n) is 4.50. The highest BCUT2D eigenvalue weighted by Crippen LogP contribution is 2.44. The van der Waals surface area contributed by atoms with Gasteiger partial charge in [-0.05, 0) is 67.8 Å². The first-order valence-corrected chi connectivity index (χ1v) is 11.6. The van der Waals surface area contributed by atoms with Gasteiger partial charge in [-0.25, -0.2) is 0 Å². The van der Waals surface area contributed by atoms with Crippen molar-refractivity contribution in [3.05, 3.63) is 93.5 Å². The molecular weight excluding hydrogens is 466 g/mol. The summed E-state index contributed by atoms with van der Waals surface area (Å²) in [6.07, 6.45) is 0. The van der Waals surface area contributed by atoms with Crippen LogP contribution in [0.2, 0.25) is 5.02 Å². The Morgan fingerprint density at radius 1 is 1.06 bits per heavy atom. The number of halogens is 1. The maximum Gasteiger partial charge on any atom is 0.300 e. The van der Waals surface area contributed by atoms with E-state index < -0.39 is 17.7 Å². The number of Topliss-reactive ketones (excluding diaryl/α,β-unsaturated/α-hetero) is 1. The van der Waals surface area contributed by atoms with Gasteiger partial charge in [-0.15, -0.1) is 0 Å². The molecule has 6 nitrogen and oxygen atoms in total. The second kappa shape index (κ2) is 9.84. The summed E-state index contributed by atoms with van der Waals surface area (Å²) in [5, 5.41) is 12.0. The van der Waals surface area contributed by atoms with Crippen molar-refractivity contribution in [3.63, 3.8) is 0 Å². The Morgan fingerprint density at radius 2 is 1.77 bits per heavy atom. The highest BCUT2D eigenvalue weighted by atomic mass is 35.5. The Bertz CT molecular complexity index is 1330. The lowest BCUT2D eigenvalue weighted by atomic mass is 9.93. The number of hydrogen-bond donors (Lipinski definition) is 1. The van der Waals surface area contributed by atoms with Gasteiger partial charge in [0, 0.05) is 16.8 Å². The molecule has 0 radical (unpaired) electrons. The van der Waals surface area contributed by atoms with Crippen molar-refractivity contribution < 1.29 is 24.2 Å². The van der Waals surface area contributed by atoms with Crippen LogP contribution < -0.4 is 14.4 Å². The van der Waals surface area contributed by atoms with E-state index in [1.165, 1.54) is 12.0 Å². The molecule has 3 aromatic carbocycles. The zero-order chi connectivity index (χ0) is 25.3. The van der Waals surface area contributed by atoms with E-state index >= 15 is 0 Å². The van der Waals surface area contributed by atoms with Crippen molar-refractivity contribution in [3.8, 4) is 11.5 Å². The van der Waals surface area contributed by atoms with E-state index in [9.17, 15) is 14.7 Å². The Morgan fingerprint density at radius 3 is 2.43 bits per heavy atom. The number of rotatable bonds is 6. The van der Waals surface area contributed by atoms with Crippen LogP contribution in [0.15, 0.2) is 66.2 Å². The highest BCUT2D eigenvalue weighted by molar-refractivity contribution is 6.51. The fraction of sp³-hybridized carbons (Fsp3) is 0.214. The van der Waals surface area contributed by atoms with E-state index in [2.05, 4.69) is 0 Å². The van der Waals surface area contributed by atoms with Crippen LogP contribution in [0.5, 0.6) is 11.5 Å². The highest BCUT2D eigenvalue weighted by Gasteiger charge is 2.47. The van der Waals surface area contributed by atoms with Crippen LogP contribution in [-0.4, -0.2) is 30.5 Å². The Hall–Kier alpha value is -3.77. The maximum atomic E-state index is 13.4. The monoisotopic (exact) mass is 491 g/mol. The van der Waals surface area contributed by atoms with Crippen molar-refractivity contribution >= 4 is 34.7 Å². The smallest absolute Gasteiger partial charge is 0.300 e. The number of aliphatic hydroxyl groups excluding tert-OH is 1. The van der Waals surface area contributed by atoms with Crippen LogP contribution in [0.3, 0.4) is 0 Å². The number of anilines is 1. The summed E-state index contributed by atoms with van der Waals surface area (Å²) < 4.78 is 11.2. The summed E-state index contributed by atoms with van der Waals surface area (Å²) in [5.41, 5.74) is 3.11. The molecule has 0 saturated carbocycles. The van der Waals surface area contributed by atoms with Gasteiger partial charge in [0.2, 0.25) is 0 Å². The first kappa shape index (κ1) is 24.4. The third kappa shape index (κ3) is 4.49. The molecule has 3 aromatic rings. The summed E-state index contributed by atoms with van der Waals surface area (Å²) in [6, 6.07) is 16.6. The molecule has 1 unspecified atom stereocenters. The molecule has 1 amide bonds. The number of ketones is 1. The molecule has 0 aromatic heterocycles. The van der Waals surface area contributed by atoms with Crippen molar-refractivity contribution in [1.82, 2.24) is 0 Å². The number of carbonyl (C=O) groups is 2. The minimum Gasteiger partial charge on any atom is -0.507 e.